The van der Waals surface area contributed by atoms with E-state index >= 15 is 0 Å². The van der Waals surface area contributed by atoms with Crippen molar-refractivity contribution >= 4 is 41.8 Å². The molecule has 121 heavy (non-hydrogen) atoms. The van der Waals surface area contributed by atoms with Gasteiger partial charge in [-0.1, -0.05) is 77.0 Å². The van der Waals surface area contributed by atoms with Crippen LogP contribution in [0.15, 0.2) is 0 Å². The van der Waals surface area contributed by atoms with Crippen molar-refractivity contribution in [1.82, 2.24) is 21.3 Å². The molecule has 6 heterocycles. The Hall–Kier alpha value is -5.03. The van der Waals surface area contributed by atoms with Crippen LogP contribution in [-0.2, 0) is 90.4 Å². The molecule has 28 N–H and O–H groups in total. The Balaban J connectivity index is 0.000000738. The molecule has 30 unspecified atom stereocenters. The fraction of sp³-hybridized carbons (Fsp3) is 0.905. The van der Waals surface area contributed by atoms with E-state index in [-0.39, 0.29) is 30.3 Å². The first kappa shape index (κ1) is 114. The van der Waals surface area contributed by atoms with E-state index in [9.17, 15) is 125 Å². The highest BCUT2D eigenvalue weighted by molar-refractivity contribution is 5.74. The van der Waals surface area contributed by atoms with E-state index in [0.29, 0.717) is 71.1 Å². The fourth-order valence-corrected chi connectivity index (χ4v) is 12.6. The number of carbonyl (C=O) groups is 7. The second-order valence-electron chi connectivity index (χ2n) is 29.2. The number of rotatable bonds is 44. The summed E-state index contributed by atoms with van der Waals surface area (Å²) in [6.45, 7) is 0.629. The highest BCUT2D eigenvalue weighted by Crippen LogP contribution is 2.27. The van der Waals surface area contributed by atoms with E-state index in [1.54, 1.807) is 0 Å². The Labute approximate surface area is 700 Å². The first-order valence-electron chi connectivity index (χ1n) is 40.3. The summed E-state index contributed by atoms with van der Waals surface area (Å²) in [6.07, 6.45) is -19.1. The zero-order valence-electron chi connectivity index (χ0n) is 69.2. The number of aliphatic carboxylic acids is 3. The van der Waals surface area contributed by atoms with Gasteiger partial charge in [-0.25, -0.2) is 14.4 Å². The lowest BCUT2D eigenvalue weighted by Crippen LogP contribution is -2.63. The molecule has 47 nitrogen and oxygen atoms in total. The highest BCUT2D eigenvalue weighted by atomic mass is 16.7. The van der Waals surface area contributed by atoms with E-state index in [2.05, 4.69) is 45.0 Å². The number of nitrogens with one attached hydrogen (secondary N) is 4. The largest absolute Gasteiger partial charge is 0.479 e. The van der Waals surface area contributed by atoms with Crippen LogP contribution < -0.4 is 21.3 Å². The molecule has 6 aliphatic heterocycles. The minimum atomic E-state index is -1.70. The molecule has 6 saturated heterocycles. The van der Waals surface area contributed by atoms with Crippen molar-refractivity contribution in [2.75, 3.05) is 88.7 Å². The molecular formula is C74H138N4O43. The number of ether oxygens (including phenoxy) is 12. The normalized spacial score (nSPS) is 33.8. The minimum absolute atomic E-state index is 0.142. The van der Waals surface area contributed by atoms with Crippen molar-refractivity contribution < 1.29 is 213 Å². The van der Waals surface area contributed by atoms with Gasteiger partial charge in [-0.15, -0.1) is 0 Å². The van der Waals surface area contributed by atoms with Gasteiger partial charge in [0.2, 0.25) is 0 Å². The fourth-order valence-electron chi connectivity index (χ4n) is 12.6. The maximum Gasteiger partial charge on any atom is 0.335 e. The summed E-state index contributed by atoms with van der Waals surface area (Å²) in [5.74, 6) is -5.14. The number of carbonyl (C=O) groups excluding carboxylic acids is 4. The predicted molar refractivity (Wildman–Crippen MR) is 409 cm³/mol. The maximum absolute atomic E-state index is 11.0. The number of unbranched alkanes of at least 4 members (excludes halogenated alkanes) is 16. The lowest BCUT2D eigenvalue weighted by atomic mass is 9.98. The molecule has 0 aromatic carbocycles. The van der Waals surface area contributed by atoms with Gasteiger partial charge >= 0.3 is 41.8 Å². The number of hydrogen-bond acceptors (Lipinski definition) is 44. The molecule has 0 aliphatic carbocycles. The van der Waals surface area contributed by atoms with Crippen molar-refractivity contribution in [2.45, 2.75) is 338 Å². The summed E-state index contributed by atoms with van der Waals surface area (Å²) >= 11 is 0. The van der Waals surface area contributed by atoms with Gasteiger partial charge in [0.1, 0.15) is 153 Å². The number of carboxylic acid groups (broad SMARTS) is 3. The quantitative estimate of drug-likeness (QED) is 0.0153. The van der Waals surface area contributed by atoms with E-state index in [1.165, 1.54) is 42.7 Å². The monoisotopic (exact) mass is 1770 g/mol. The van der Waals surface area contributed by atoms with Crippen LogP contribution >= 0.6 is 0 Å². The molecule has 6 aliphatic rings. The van der Waals surface area contributed by atoms with E-state index in [4.69, 9.17) is 63.8 Å². The molecule has 0 bridgehead atoms. The Morgan fingerprint density at radius 2 is 0.438 bits per heavy atom. The zero-order valence-corrected chi connectivity index (χ0v) is 69.2. The number of hydrogen-bond donors (Lipinski definition) is 28. The van der Waals surface area contributed by atoms with Crippen LogP contribution in [0.1, 0.15) is 154 Å². The summed E-state index contributed by atoms with van der Waals surface area (Å²) in [7, 11) is 7.92. The molecule has 6 fully saturated rings. The van der Waals surface area contributed by atoms with Crippen LogP contribution in [0, 0.1) is 0 Å². The molecule has 6 rings (SSSR count). The third kappa shape index (κ3) is 41.1. The molecule has 0 spiro atoms. The standard InChI is InChI=1S/C18H33NO8.C18H35NO7.C12H21NO8.C12H23NO7.C7H12O7.C7H14O6/c1-26-12(20)10-8-6-4-2-3-5-7-9-11-19-17-15(23)13(21)14(22)16(27-17)18(24)25;1-25-14(21)10-8-6-4-2-3-5-7-9-11-19-18-17(24)16(23)15(22)13(12-20)26-18;1-20-6(14)4-2-3-5-13-11-9(17)7(15)8(16)10(21-11)12(18)19;1-19-8(15)4-2-3-5-13-12-11(18)10(17)9(16)7(6-14)20-12;1-13-7-4(10)2(8)3(9)5(14-7)6(11)12;1-12-7-6(11)5(10)4(9)3(2-8)13-7/h13-17,19,21-23H,2-11H2,1H3,(H,24,25);13,15-20,22-24H,2-12H2,1H3;7-11,13,15-17H,2-5H2,1H3,(H,18,19);7,9-14,16-18H,2-6H2,1H3;2-5,7-10H,1H3,(H,11,12);3-11H,2H2,1H3. The second kappa shape index (κ2) is 63.8. The third-order valence-electron chi connectivity index (χ3n) is 20.1. The lowest BCUT2D eigenvalue weighted by molar-refractivity contribution is -0.294. The average molecular weight is 1770 g/mol. The molecule has 0 saturated carbocycles. The number of methoxy groups -OCH3 is 6. The smallest absolute Gasteiger partial charge is 0.335 e. The number of carboxylic acids is 3. The summed E-state index contributed by atoms with van der Waals surface area (Å²) in [5, 5.41) is 237. The van der Waals surface area contributed by atoms with Gasteiger partial charge in [0, 0.05) is 39.9 Å². The average Bonchev–Trinajstić information content (AvgIpc) is 0.870. The van der Waals surface area contributed by atoms with Gasteiger partial charge < -0.3 is 179 Å². The van der Waals surface area contributed by atoms with Crippen molar-refractivity contribution in [3.63, 3.8) is 0 Å². The van der Waals surface area contributed by atoms with Crippen LogP contribution in [0.4, 0.5) is 0 Å². The van der Waals surface area contributed by atoms with Crippen LogP contribution in [-0.4, -0.2) is 437 Å². The Kier molecular flexibility index (Phi) is 60.1. The highest BCUT2D eigenvalue weighted by Gasteiger charge is 2.51. The van der Waals surface area contributed by atoms with Crippen LogP contribution in [0.5, 0.6) is 0 Å². The van der Waals surface area contributed by atoms with Crippen molar-refractivity contribution in [1.29, 1.82) is 0 Å². The van der Waals surface area contributed by atoms with Crippen molar-refractivity contribution in [3.05, 3.63) is 0 Å². The summed E-state index contributed by atoms with van der Waals surface area (Å²) in [5.41, 5.74) is 0. The van der Waals surface area contributed by atoms with Crippen LogP contribution in [0.3, 0.4) is 0 Å². The first-order chi connectivity index (χ1) is 57.4. The molecule has 0 radical (unpaired) electrons. The first-order valence-corrected chi connectivity index (χ1v) is 40.3. The third-order valence-corrected chi connectivity index (χ3v) is 20.1. The summed E-state index contributed by atoms with van der Waals surface area (Å²) in [4.78, 5) is 76.2. The molecule has 0 aromatic heterocycles. The second-order valence-corrected chi connectivity index (χ2v) is 29.2. The molecule has 0 aromatic rings. The Morgan fingerprint density at radius 1 is 0.240 bits per heavy atom. The Morgan fingerprint density at radius 3 is 0.694 bits per heavy atom. The van der Waals surface area contributed by atoms with Gasteiger partial charge in [-0.3, -0.25) is 40.4 Å². The van der Waals surface area contributed by atoms with E-state index in [1.807, 2.05) is 0 Å². The predicted octanol–water partition coefficient (Wildman–Crippen LogP) is -9.30. The molecule has 30 atom stereocenters. The van der Waals surface area contributed by atoms with Gasteiger partial charge in [0.15, 0.2) is 30.9 Å². The lowest BCUT2D eigenvalue weighted by Gasteiger charge is -2.40. The number of esters is 4. The topological polar surface area (TPSA) is 764 Å². The van der Waals surface area contributed by atoms with E-state index in [0.717, 1.165) is 103 Å². The number of aliphatic hydroxyl groups is 21. The van der Waals surface area contributed by atoms with Crippen LogP contribution in [0.25, 0.3) is 0 Å². The van der Waals surface area contributed by atoms with Crippen molar-refractivity contribution in [3.8, 4) is 0 Å². The SMILES string of the molecule is COC(=O)CCCCCCCCCCNC1OC(C(=O)O)C(O)C(O)C1O.COC(=O)CCCCCCCCCCNC1OC(CO)C(O)C(O)C1O.COC(=O)CCCCNC1OC(C(=O)O)C(O)C(O)C1O.COC(=O)CCCCNC1OC(CO)C(O)C(O)C1O.COC1OC(C(=O)O)C(O)C(O)C1O.COC1OC(CO)C(O)C(O)C1O. The van der Waals surface area contributed by atoms with E-state index < -0.39 is 222 Å². The summed E-state index contributed by atoms with van der Waals surface area (Å²) in [6, 6.07) is 0. The van der Waals surface area contributed by atoms with Crippen LogP contribution in [0.2, 0.25) is 0 Å². The van der Waals surface area contributed by atoms with Gasteiger partial charge in [0.05, 0.1) is 48.3 Å². The minimum Gasteiger partial charge on any atom is -0.479 e. The Bertz CT molecular complexity index is 2760. The van der Waals surface area contributed by atoms with Gasteiger partial charge in [0.25, 0.3) is 0 Å². The molecule has 0 amide bonds. The molecule has 712 valence electrons. The van der Waals surface area contributed by atoms with Gasteiger partial charge in [-0.2, -0.15) is 0 Å². The zero-order chi connectivity index (χ0) is 91.6. The molecule has 47 heteroatoms. The summed E-state index contributed by atoms with van der Waals surface area (Å²) < 4.78 is 58.0. The van der Waals surface area contributed by atoms with Gasteiger partial charge in [-0.05, 0) is 77.5 Å². The molecular weight excluding hydrogens is 1630 g/mol. The van der Waals surface area contributed by atoms with Crippen molar-refractivity contribution in [2.24, 2.45) is 0 Å². The maximum atomic E-state index is 11.0. The number of aliphatic hydroxyl groups excluding tert-OH is 21.